The molecule has 1 saturated heterocycles. The van der Waals surface area contributed by atoms with E-state index in [1.807, 2.05) is 39.8 Å². The molecule has 1 aliphatic heterocycles. The van der Waals surface area contributed by atoms with Crippen molar-refractivity contribution in [2.45, 2.75) is 59.0 Å². The quantitative estimate of drug-likeness (QED) is 0.608. The zero-order chi connectivity index (χ0) is 20.1. The Hall–Kier alpha value is -1.56. The number of nitrogens with zero attached hydrogens (tertiary/aromatic N) is 1. The molecule has 1 aliphatic rings. The van der Waals surface area contributed by atoms with Crippen molar-refractivity contribution >= 4 is 28.0 Å². The van der Waals surface area contributed by atoms with Crippen molar-refractivity contribution in [3.63, 3.8) is 0 Å². The number of ether oxygens (including phenoxy) is 2. The molecule has 150 valence electrons. The number of amides is 1. The molecule has 0 bridgehead atoms. The highest BCUT2D eigenvalue weighted by atomic mass is 79.9. The van der Waals surface area contributed by atoms with Crippen LogP contribution in [0.3, 0.4) is 0 Å². The van der Waals surface area contributed by atoms with E-state index in [1.54, 1.807) is 4.90 Å². The van der Waals surface area contributed by atoms with Gasteiger partial charge in [0.05, 0.1) is 12.0 Å². The first-order chi connectivity index (χ1) is 12.6. The number of aryl methyl sites for hydroxylation is 1. The summed E-state index contributed by atoms with van der Waals surface area (Å²) >= 11 is 3.49. The lowest BCUT2D eigenvalue weighted by Gasteiger charge is -2.40. The predicted octanol–water partition coefficient (Wildman–Crippen LogP) is 4.96. The largest absolute Gasteiger partial charge is 0.466 e. The minimum atomic E-state index is -0.545. The summed E-state index contributed by atoms with van der Waals surface area (Å²) in [5.74, 6) is -0.149. The summed E-state index contributed by atoms with van der Waals surface area (Å²) in [5, 5.41) is 0. The zero-order valence-corrected chi connectivity index (χ0v) is 18.3. The van der Waals surface area contributed by atoms with Crippen molar-refractivity contribution in [1.29, 1.82) is 0 Å². The number of hydrogen-bond acceptors (Lipinski definition) is 4. The number of hydrogen-bond donors (Lipinski definition) is 0. The summed E-state index contributed by atoms with van der Waals surface area (Å²) in [7, 11) is 0. The molecule has 1 aromatic carbocycles. The molecule has 1 fully saturated rings. The number of halogens is 1. The van der Waals surface area contributed by atoms with E-state index in [-0.39, 0.29) is 12.1 Å². The SMILES string of the molecule is CCOC(=O)C1(CCc2cccc(Br)c2)CCN(C(=O)OC(C)(C)C)CC1. The van der Waals surface area contributed by atoms with Crippen molar-refractivity contribution in [3.05, 3.63) is 34.3 Å². The van der Waals surface area contributed by atoms with Crippen LogP contribution in [0, 0.1) is 5.41 Å². The Morgan fingerprint density at radius 1 is 1.22 bits per heavy atom. The molecule has 1 amide bonds. The van der Waals surface area contributed by atoms with Crippen LogP contribution in [0.5, 0.6) is 0 Å². The third kappa shape index (κ3) is 6.23. The van der Waals surface area contributed by atoms with Gasteiger partial charge in [-0.05, 0) is 71.1 Å². The van der Waals surface area contributed by atoms with Crippen LogP contribution in [-0.4, -0.2) is 42.3 Å². The van der Waals surface area contributed by atoms with Crippen LogP contribution < -0.4 is 0 Å². The maximum Gasteiger partial charge on any atom is 0.410 e. The second-order valence-electron chi connectivity index (χ2n) is 8.10. The van der Waals surface area contributed by atoms with E-state index in [0.29, 0.717) is 39.0 Å². The van der Waals surface area contributed by atoms with E-state index < -0.39 is 11.0 Å². The minimum Gasteiger partial charge on any atom is -0.466 e. The van der Waals surface area contributed by atoms with Gasteiger partial charge in [-0.25, -0.2) is 4.79 Å². The molecular weight excluding hydrogens is 410 g/mol. The molecule has 2 rings (SSSR count). The molecule has 6 heteroatoms. The number of benzene rings is 1. The average Bonchev–Trinajstić information content (AvgIpc) is 2.59. The van der Waals surface area contributed by atoms with Gasteiger partial charge in [-0.2, -0.15) is 0 Å². The van der Waals surface area contributed by atoms with Crippen LogP contribution in [0.15, 0.2) is 28.7 Å². The van der Waals surface area contributed by atoms with Crippen LogP contribution in [0.1, 0.15) is 52.5 Å². The van der Waals surface area contributed by atoms with Gasteiger partial charge in [-0.1, -0.05) is 28.1 Å². The second-order valence-corrected chi connectivity index (χ2v) is 9.01. The highest BCUT2D eigenvalue weighted by molar-refractivity contribution is 9.10. The van der Waals surface area contributed by atoms with E-state index in [1.165, 1.54) is 5.56 Å². The van der Waals surface area contributed by atoms with Crippen molar-refractivity contribution in [1.82, 2.24) is 4.90 Å². The first-order valence-electron chi connectivity index (χ1n) is 9.55. The van der Waals surface area contributed by atoms with Gasteiger partial charge in [0, 0.05) is 17.6 Å². The molecule has 0 aromatic heterocycles. The monoisotopic (exact) mass is 439 g/mol. The first-order valence-corrected chi connectivity index (χ1v) is 10.3. The number of carbonyl (C=O) groups is 2. The van der Waals surface area contributed by atoms with Gasteiger partial charge in [-0.15, -0.1) is 0 Å². The van der Waals surface area contributed by atoms with Crippen LogP contribution in [0.4, 0.5) is 4.79 Å². The summed E-state index contributed by atoms with van der Waals surface area (Å²) in [6, 6.07) is 8.14. The molecule has 0 spiro atoms. The summed E-state index contributed by atoms with van der Waals surface area (Å²) < 4.78 is 11.9. The van der Waals surface area contributed by atoms with E-state index >= 15 is 0 Å². The molecule has 0 atom stereocenters. The molecule has 0 saturated carbocycles. The normalized spacial score (nSPS) is 16.7. The van der Waals surface area contributed by atoms with E-state index in [9.17, 15) is 9.59 Å². The molecule has 0 radical (unpaired) electrons. The number of rotatable bonds is 5. The number of carbonyl (C=O) groups excluding carboxylic acids is 2. The topological polar surface area (TPSA) is 55.8 Å². The van der Waals surface area contributed by atoms with Gasteiger partial charge in [0.25, 0.3) is 0 Å². The number of piperidine rings is 1. The lowest BCUT2D eigenvalue weighted by atomic mass is 9.74. The van der Waals surface area contributed by atoms with E-state index in [4.69, 9.17) is 9.47 Å². The van der Waals surface area contributed by atoms with E-state index in [0.717, 1.165) is 10.9 Å². The van der Waals surface area contributed by atoms with Gasteiger partial charge in [0.15, 0.2) is 0 Å². The van der Waals surface area contributed by atoms with Crippen LogP contribution in [0.25, 0.3) is 0 Å². The first kappa shape index (κ1) is 21.7. The van der Waals surface area contributed by atoms with Crippen molar-refractivity contribution in [2.75, 3.05) is 19.7 Å². The third-order valence-corrected chi connectivity index (χ3v) is 5.36. The fourth-order valence-electron chi connectivity index (χ4n) is 3.36. The zero-order valence-electron chi connectivity index (χ0n) is 16.7. The van der Waals surface area contributed by atoms with Gasteiger partial charge in [-0.3, -0.25) is 4.79 Å². The summed E-state index contributed by atoms with van der Waals surface area (Å²) in [4.78, 5) is 26.8. The maximum absolute atomic E-state index is 12.7. The number of likely N-dealkylation sites (tertiary alicyclic amines) is 1. The predicted molar refractivity (Wildman–Crippen MR) is 109 cm³/mol. The number of esters is 1. The Morgan fingerprint density at radius 2 is 1.89 bits per heavy atom. The fraction of sp³-hybridized carbons (Fsp3) is 0.619. The Morgan fingerprint density at radius 3 is 2.44 bits per heavy atom. The van der Waals surface area contributed by atoms with Crippen molar-refractivity contribution < 1.29 is 19.1 Å². The maximum atomic E-state index is 12.7. The average molecular weight is 440 g/mol. The van der Waals surface area contributed by atoms with E-state index in [2.05, 4.69) is 28.1 Å². The highest BCUT2D eigenvalue weighted by Gasteiger charge is 2.43. The van der Waals surface area contributed by atoms with Crippen LogP contribution in [0.2, 0.25) is 0 Å². The molecule has 0 aliphatic carbocycles. The standard InChI is InChI=1S/C21H30BrNO4/c1-5-26-18(24)21(10-9-16-7-6-8-17(22)15-16)11-13-23(14-12-21)19(25)27-20(2,3)4/h6-8,15H,5,9-14H2,1-4H3. The minimum absolute atomic E-state index is 0.149. The molecule has 27 heavy (non-hydrogen) atoms. The van der Waals surface area contributed by atoms with Gasteiger partial charge in [0.1, 0.15) is 5.60 Å². The lowest BCUT2D eigenvalue weighted by molar-refractivity contribution is -0.159. The molecule has 0 N–H and O–H groups in total. The second kappa shape index (κ2) is 9.09. The summed E-state index contributed by atoms with van der Waals surface area (Å²) in [6.07, 6.45) is 2.39. The van der Waals surface area contributed by atoms with Crippen LogP contribution in [-0.2, 0) is 20.7 Å². The van der Waals surface area contributed by atoms with Gasteiger partial charge >= 0.3 is 12.1 Å². The Balaban J connectivity index is 2.05. The molecule has 1 aromatic rings. The van der Waals surface area contributed by atoms with Crippen LogP contribution >= 0.6 is 15.9 Å². The van der Waals surface area contributed by atoms with Gasteiger partial charge < -0.3 is 14.4 Å². The Kier molecular flexibility index (Phi) is 7.32. The highest BCUT2D eigenvalue weighted by Crippen LogP contribution is 2.38. The summed E-state index contributed by atoms with van der Waals surface area (Å²) in [6.45, 7) is 8.78. The molecule has 5 nitrogen and oxygen atoms in total. The Labute approximate surface area is 170 Å². The molecule has 0 unspecified atom stereocenters. The van der Waals surface area contributed by atoms with Crippen molar-refractivity contribution in [3.8, 4) is 0 Å². The molecular formula is C21H30BrNO4. The van der Waals surface area contributed by atoms with Crippen molar-refractivity contribution in [2.24, 2.45) is 5.41 Å². The lowest BCUT2D eigenvalue weighted by Crippen LogP contribution is -2.48. The summed E-state index contributed by atoms with van der Waals surface area (Å²) in [5.41, 5.74) is 0.118. The van der Waals surface area contributed by atoms with Gasteiger partial charge in [0.2, 0.25) is 0 Å². The third-order valence-electron chi connectivity index (χ3n) is 4.86. The molecule has 1 heterocycles. The fourth-order valence-corrected chi connectivity index (χ4v) is 3.81. The smallest absolute Gasteiger partial charge is 0.410 e. The Bertz CT molecular complexity index is 660.